The first kappa shape index (κ1) is 22.2. The molecule has 0 aliphatic carbocycles. The van der Waals surface area contributed by atoms with Crippen molar-refractivity contribution in [1.82, 2.24) is 0 Å². The van der Waals surface area contributed by atoms with Crippen LogP contribution in [0.1, 0.15) is 43.6 Å². The van der Waals surface area contributed by atoms with E-state index in [9.17, 15) is 26.4 Å². The van der Waals surface area contributed by atoms with Crippen molar-refractivity contribution in [2.24, 2.45) is 0 Å². The summed E-state index contributed by atoms with van der Waals surface area (Å²) in [6.45, 7) is 7.98. The summed E-state index contributed by atoms with van der Waals surface area (Å²) in [6, 6.07) is 2.23. The van der Waals surface area contributed by atoms with Gasteiger partial charge in [-0.25, -0.2) is 4.79 Å². The van der Waals surface area contributed by atoms with E-state index >= 15 is 0 Å². The molecule has 1 amide bonds. The van der Waals surface area contributed by atoms with E-state index in [2.05, 4.69) is 9.50 Å². The molecule has 1 N–H and O–H groups in total. The number of ether oxygens (including phenoxy) is 1. The Morgan fingerprint density at radius 3 is 1.92 bits per heavy atom. The SMILES string of the molecule is Cc1cc(C(OS(C)(=O)=O)C(F)(F)F)cc(C)c1NC(=O)OC(C)(C)C. The zero-order valence-corrected chi connectivity index (χ0v) is 16.1. The van der Waals surface area contributed by atoms with Crippen molar-refractivity contribution in [2.75, 3.05) is 11.6 Å². The zero-order valence-electron chi connectivity index (χ0n) is 15.3. The molecule has 1 aromatic carbocycles. The van der Waals surface area contributed by atoms with Gasteiger partial charge in [0.2, 0.25) is 0 Å². The van der Waals surface area contributed by atoms with Crippen molar-refractivity contribution in [3.05, 3.63) is 28.8 Å². The van der Waals surface area contributed by atoms with E-state index in [1.807, 2.05) is 0 Å². The van der Waals surface area contributed by atoms with Crippen LogP contribution >= 0.6 is 0 Å². The highest BCUT2D eigenvalue weighted by molar-refractivity contribution is 7.86. The third-order valence-electron chi connectivity index (χ3n) is 3.05. The molecule has 0 saturated carbocycles. The molecule has 1 rings (SSSR count). The predicted molar refractivity (Wildman–Crippen MR) is 90.5 cm³/mol. The van der Waals surface area contributed by atoms with E-state index in [4.69, 9.17) is 4.74 Å². The summed E-state index contributed by atoms with van der Waals surface area (Å²) in [4.78, 5) is 11.9. The maximum atomic E-state index is 13.2. The Labute approximate surface area is 150 Å². The van der Waals surface area contributed by atoms with E-state index in [1.54, 1.807) is 20.8 Å². The number of aryl methyl sites for hydroxylation is 2. The lowest BCUT2D eigenvalue weighted by Gasteiger charge is -2.23. The molecule has 0 aromatic heterocycles. The number of benzene rings is 1. The van der Waals surface area contributed by atoms with Gasteiger partial charge < -0.3 is 4.74 Å². The van der Waals surface area contributed by atoms with Gasteiger partial charge in [-0.3, -0.25) is 9.50 Å². The number of nitrogens with one attached hydrogen (secondary N) is 1. The van der Waals surface area contributed by atoms with Crippen LogP contribution in [0.25, 0.3) is 0 Å². The van der Waals surface area contributed by atoms with Crippen LogP contribution in [0, 0.1) is 13.8 Å². The van der Waals surface area contributed by atoms with Crippen molar-refractivity contribution in [2.45, 2.75) is 52.5 Å². The first-order valence-corrected chi connectivity index (χ1v) is 9.37. The molecule has 148 valence electrons. The number of hydrogen-bond acceptors (Lipinski definition) is 5. The number of alkyl halides is 3. The highest BCUT2D eigenvalue weighted by Gasteiger charge is 2.44. The van der Waals surface area contributed by atoms with Crippen molar-refractivity contribution in [1.29, 1.82) is 0 Å². The lowest BCUT2D eigenvalue weighted by atomic mass is 10.0. The van der Waals surface area contributed by atoms with Gasteiger partial charge >= 0.3 is 12.3 Å². The predicted octanol–water partition coefficient (Wildman–Crippen LogP) is 4.23. The third kappa shape index (κ3) is 6.83. The topological polar surface area (TPSA) is 81.7 Å². The van der Waals surface area contributed by atoms with Crippen molar-refractivity contribution in [3.8, 4) is 0 Å². The summed E-state index contributed by atoms with van der Waals surface area (Å²) in [5.41, 5.74) is -0.235. The van der Waals surface area contributed by atoms with Gasteiger partial charge in [0.25, 0.3) is 10.1 Å². The Morgan fingerprint density at radius 2 is 1.58 bits per heavy atom. The Morgan fingerprint density at radius 1 is 1.12 bits per heavy atom. The van der Waals surface area contributed by atoms with Gasteiger partial charge in [0.15, 0.2) is 6.10 Å². The van der Waals surface area contributed by atoms with Crippen LogP contribution in [0.15, 0.2) is 12.1 Å². The minimum absolute atomic E-state index is 0.281. The highest BCUT2D eigenvalue weighted by Crippen LogP contribution is 2.39. The molecular weight excluding hydrogens is 375 g/mol. The summed E-state index contributed by atoms with van der Waals surface area (Å²) < 4.78 is 71.3. The van der Waals surface area contributed by atoms with E-state index < -0.39 is 34.1 Å². The molecule has 10 heteroatoms. The zero-order chi connectivity index (χ0) is 20.5. The molecule has 0 saturated heterocycles. The Hall–Kier alpha value is -1.81. The van der Waals surface area contributed by atoms with Gasteiger partial charge in [0, 0.05) is 5.69 Å². The number of carbonyl (C=O) groups is 1. The molecule has 1 atom stereocenters. The second-order valence-corrected chi connectivity index (χ2v) is 8.48. The number of carbonyl (C=O) groups excluding carboxylic acids is 1. The van der Waals surface area contributed by atoms with Crippen LogP contribution in [0.5, 0.6) is 0 Å². The minimum atomic E-state index is -4.93. The molecule has 0 aliphatic heterocycles. The summed E-state index contributed by atoms with van der Waals surface area (Å²) in [7, 11) is -4.34. The maximum absolute atomic E-state index is 13.2. The molecule has 1 aromatic rings. The van der Waals surface area contributed by atoms with Gasteiger partial charge in [-0.2, -0.15) is 21.6 Å². The molecule has 6 nitrogen and oxygen atoms in total. The van der Waals surface area contributed by atoms with Crippen molar-refractivity contribution < 1.29 is 35.3 Å². The minimum Gasteiger partial charge on any atom is -0.444 e. The standard InChI is InChI=1S/C16H22F3NO5S/c1-9-7-11(13(16(17,18)19)25-26(6,22)23)8-10(2)12(9)20-14(21)24-15(3,4)5/h7-8,13H,1-6H3,(H,20,21). The second kappa shape index (κ2) is 7.43. The molecule has 0 bridgehead atoms. The molecular formula is C16H22F3NO5S. The molecule has 0 aliphatic rings. The fourth-order valence-corrected chi connectivity index (χ4v) is 2.79. The molecule has 0 radical (unpaired) electrons. The number of halogens is 3. The highest BCUT2D eigenvalue weighted by atomic mass is 32.2. The van der Waals surface area contributed by atoms with E-state index in [-0.39, 0.29) is 11.3 Å². The van der Waals surface area contributed by atoms with Crippen LogP contribution < -0.4 is 5.32 Å². The monoisotopic (exact) mass is 397 g/mol. The Balaban J connectivity index is 3.24. The lowest BCUT2D eigenvalue weighted by Crippen LogP contribution is -2.28. The first-order valence-electron chi connectivity index (χ1n) is 7.56. The van der Waals surface area contributed by atoms with Crippen LogP contribution in [0.3, 0.4) is 0 Å². The number of anilines is 1. The smallest absolute Gasteiger partial charge is 0.420 e. The van der Waals surface area contributed by atoms with E-state index in [0.29, 0.717) is 17.4 Å². The van der Waals surface area contributed by atoms with Crippen molar-refractivity contribution in [3.63, 3.8) is 0 Å². The number of rotatable bonds is 4. The maximum Gasteiger partial charge on any atom is 0.420 e. The van der Waals surface area contributed by atoms with Gasteiger partial charge in [-0.1, -0.05) is 12.1 Å². The average Bonchev–Trinajstić information content (AvgIpc) is 2.35. The summed E-state index contributed by atoms with van der Waals surface area (Å²) in [5, 5.41) is 2.49. The summed E-state index contributed by atoms with van der Waals surface area (Å²) in [5.74, 6) is 0. The fourth-order valence-electron chi connectivity index (χ4n) is 2.23. The third-order valence-corrected chi connectivity index (χ3v) is 3.59. The molecule has 1 unspecified atom stereocenters. The lowest BCUT2D eigenvalue weighted by molar-refractivity contribution is -0.196. The molecule has 0 heterocycles. The van der Waals surface area contributed by atoms with Crippen LogP contribution in [-0.2, 0) is 19.0 Å². The van der Waals surface area contributed by atoms with E-state index in [1.165, 1.54) is 13.8 Å². The van der Waals surface area contributed by atoms with Crippen LogP contribution in [-0.4, -0.2) is 32.5 Å². The average molecular weight is 397 g/mol. The number of amides is 1. The second-order valence-electron chi connectivity index (χ2n) is 6.88. The van der Waals surface area contributed by atoms with Gasteiger partial charge in [0.1, 0.15) is 5.60 Å². The fraction of sp³-hybridized carbons (Fsp3) is 0.562. The Bertz CT molecular complexity index is 759. The number of hydrogen-bond donors (Lipinski definition) is 1. The molecule has 0 spiro atoms. The van der Waals surface area contributed by atoms with Crippen LogP contribution in [0.4, 0.5) is 23.7 Å². The van der Waals surface area contributed by atoms with Gasteiger partial charge in [0.05, 0.1) is 6.26 Å². The first-order chi connectivity index (χ1) is 11.5. The summed E-state index contributed by atoms with van der Waals surface area (Å²) in [6.07, 6.45) is -7.77. The molecule has 0 fully saturated rings. The van der Waals surface area contributed by atoms with Crippen LogP contribution in [0.2, 0.25) is 0 Å². The normalized spacial score (nSPS) is 14.0. The van der Waals surface area contributed by atoms with Crippen molar-refractivity contribution >= 4 is 21.9 Å². The van der Waals surface area contributed by atoms with E-state index in [0.717, 1.165) is 12.1 Å². The largest absolute Gasteiger partial charge is 0.444 e. The Kier molecular flexibility index (Phi) is 6.36. The van der Waals surface area contributed by atoms with Gasteiger partial charge in [-0.05, 0) is 51.3 Å². The quantitative estimate of drug-likeness (QED) is 0.769. The summed E-state index contributed by atoms with van der Waals surface area (Å²) >= 11 is 0. The molecule has 26 heavy (non-hydrogen) atoms. The van der Waals surface area contributed by atoms with Gasteiger partial charge in [-0.15, -0.1) is 0 Å².